The van der Waals surface area contributed by atoms with E-state index in [9.17, 15) is 38.4 Å². The molecule has 0 aliphatic heterocycles. The first kappa shape index (κ1) is 31.9. The van der Waals surface area contributed by atoms with E-state index in [-0.39, 0.29) is 38.3 Å². The Hall–Kier alpha value is -4.33. The number of hydrogen-bond acceptors (Lipinski definition) is 8. The molecule has 2 unspecified atom stereocenters. The molecule has 14 heteroatoms. The molecule has 0 saturated heterocycles. The summed E-state index contributed by atoms with van der Waals surface area (Å²) in [5.74, 6) is -4.49. The molecule has 0 radical (unpaired) electrons. The number of nitro groups is 1. The quantitative estimate of drug-likeness (QED) is 0.144. The highest BCUT2D eigenvalue weighted by Gasteiger charge is 2.43. The number of aliphatic hydroxyl groups excluding tert-OH is 1. The fourth-order valence-corrected chi connectivity index (χ4v) is 3.46. The number of nitrogens with one attached hydrogen (secondary N) is 3. The van der Waals surface area contributed by atoms with Crippen molar-refractivity contribution in [3.05, 3.63) is 75.8 Å². The van der Waals surface area contributed by atoms with E-state index in [1.165, 1.54) is 24.3 Å². The minimum absolute atomic E-state index is 0.0796. The number of hydrogen-bond donors (Lipinski definition) is 4. The topological polar surface area (TPSA) is 169 Å². The number of unbranched alkanes of at least 4 members (excludes halogenated alkanes) is 1. The van der Waals surface area contributed by atoms with Crippen molar-refractivity contribution in [2.45, 2.75) is 57.5 Å². The van der Waals surface area contributed by atoms with Crippen molar-refractivity contribution in [1.29, 1.82) is 0 Å². The molecule has 218 valence electrons. The van der Waals surface area contributed by atoms with Crippen molar-refractivity contribution < 1.29 is 42.7 Å². The molecule has 2 rings (SSSR count). The minimum Gasteiger partial charge on any atom is -0.445 e. The van der Waals surface area contributed by atoms with E-state index in [0.29, 0.717) is 12.0 Å². The number of aliphatic hydroxyl groups is 1. The van der Waals surface area contributed by atoms with Gasteiger partial charge in [-0.25, -0.2) is 18.4 Å². The molecule has 2 atom stereocenters. The van der Waals surface area contributed by atoms with E-state index in [4.69, 9.17) is 9.47 Å². The van der Waals surface area contributed by atoms with Crippen molar-refractivity contribution in [1.82, 2.24) is 16.0 Å². The average Bonchev–Trinajstić information content (AvgIpc) is 2.93. The number of carbonyl (C=O) groups is 3. The number of non-ortho nitro benzene ring substituents is 1. The van der Waals surface area contributed by atoms with Crippen LogP contribution < -0.4 is 16.0 Å². The average molecular weight is 567 g/mol. The van der Waals surface area contributed by atoms with Crippen LogP contribution in [0.15, 0.2) is 54.6 Å². The summed E-state index contributed by atoms with van der Waals surface area (Å²) in [4.78, 5) is 45.4. The zero-order valence-corrected chi connectivity index (χ0v) is 21.8. The minimum atomic E-state index is -3.78. The number of halogens is 2. The molecule has 2 aromatic rings. The van der Waals surface area contributed by atoms with Gasteiger partial charge in [0.1, 0.15) is 19.3 Å². The normalized spacial score (nSPS) is 12.5. The number of rotatable bonds is 15. The molecule has 0 saturated carbocycles. The molecule has 0 aromatic heterocycles. The molecule has 0 spiro atoms. The Bertz CT molecular complexity index is 1120. The van der Waals surface area contributed by atoms with Crippen LogP contribution in [0.1, 0.15) is 37.3 Å². The highest BCUT2D eigenvalue weighted by molar-refractivity contribution is 5.72. The molecule has 12 nitrogen and oxygen atoms in total. The second-order valence-electron chi connectivity index (χ2n) is 8.85. The van der Waals surface area contributed by atoms with Crippen LogP contribution in [0.4, 0.5) is 24.1 Å². The first-order valence-corrected chi connectivity index (χ1v) is 12.4. The predicted molar refractivity (Wildman–Crippen MR) is 138 cm³/mol. The summed E-state index contributed by atoms with van der Waals surface area (Å²) in [5, 5.41) is 27.8. The van der Waals surface area contributed by atoms with Crippen molar-refractivity contribution in [3.8, 4) is 0 Å². The van der Waals surface area contributed by atoms with Gasteiger partial charge in [0.05, 0.1) is 17.5 Å². The Morgan fingerprint density at radius 1 is 0.950 bits per heavy atom. The maximum absolute atomic E-state index is 14.6. The maximum Gasteiger partial charge on any atom is 0.407 e. The summed E-state index contributed by atoms with van der Waals surface area (Å²) in [6.45, 7) is -0.163. The van der Waals surface area contributed by atoms with Crippen molar-refractivity contribution in [2.75, 3.05) is 13.1 Å². The van der Waals surface area contributed by atoms with Crippen LogP contribution in [0.5, 0.6) is 0 Å². The SMILES string of the molecule is CC(=O)NCC(F)(F)C(O)C(CCCCNC(=O)OCc1ccccc1)NC(=O)OCc1ccc([N+](=O)[O-])cc1. The highest BCUT2D eigenvalue weighted by Crippen LogP contribution is 2.23. The number of amides is 3. The monoisotopic (exact) mass is 566 g/mol. The molecular formula is C26H32F2N4O8. The lowest BCUT2D eigenvalue weighted by Crippen LogP contribution is -2.55. The van der Waals surface area contributed by atoms with Crippen LogP contribution in [0, 0.1) is 10.1 Å². The lowest BCUT2D eigenvalue weighted by Gasteiger charge is -2.30. The second-order valence-corrected chi connectivity index (χ2v) is 8.85. The van der Waals surface area contributed by atoms with Crippen LogP contribution in [0.25, 0.3) is 0 Å². The number of ether oxygens (including phenoxy) is 2. The van der Waals surface area contributed by atoms with E-state index in [1.54, 1.807) is 24.3 Å². The highest BCUT2D eigenvalue weighted by atomic mass is 19.3. The van der Waals surface area contributed by atoms with Gasteiger partial charge in [0.25, 0.3) is 11.6 Å². The molecule has 0 aliphatic carbocycles. The summed E-state index contributed by atoms with van der Waals surface area (Å²) in [6, 6.07) is 12.8. The summed E-state index contributed by atoms with van der Waals surface area (Å²) in [5.41, 5.74) is 1.07. The number of nitrogens with zero attached hydrogens (tertiary/aromatic N) is 1. The number of nitro benzene ring substituents is 1. The molecule has 0 heterocycles. The molecule has 0 fully saturated rings. The van der Waals surface area contributed by atoms with Gasteiger partial charge in [-0.3, -0.25) is 14.9 Å². The Labute approximate surface area is 229 Å². The molecule has 4 N–H and O–H groups in total. The zero-order valence-electron chi connectivity index (χ0n) is 21.8. The van der Waals surface area contributed by atoms with E-state index in [2.05, 4.69) is 10.6 Å². The Balaban J connectivity index is 1.87. The first-order chi connectivity index (χ1) is 19.0. The van der Waals surface area contributed by atoms with Gasteiger partial charge >= 0.3 is 12.2 Å². The van der Waals surface area contributed by atoms with Crippen LogP contribution >= 0.6 is 0 Å². The molecule has 3 amide bonds. The van der Waals surface area contributed by atoms with Crippen molar-refractivity contribution in [3.63, 3.8) is 0 Å². The maximum atomic E-state index is 14.6. The Morgan fingerprint density at radius 3 is 2.15 bits per heavy atom. The Morgan fingerprint density at radius 2 is 1.55 bits per heavy atom. The van der Waals surface area contributed by atoms with Gasteiger partial charge in [-0.2, -0.15) is 0 Å². The third-order valence-electron chi connectivity index (χ3n) is 5.63. The molecule has 2 aromatic carbocycles. The first-order valence-electron chi connectivity index (χ1n) is 12.4. The standard InChI is InChI=1S/C26H32F2N4O8/c1-18(33)30-17-26(27,28)23(34)22(31-25(36)40-16-20-10-12-21(13-11-20)32(37)38)9-5-6-14-29-24(35)39-15-19-7-3-2-4-8-19/h2-4,7-8,10-13,22-23,34H,5-6,9,14-17H2,1H3,(H,29,35)(H,30,33)(H,31,36). The van der Waals surface area contributed by atoms with Gasteiger partial charge in [-0.05, 0) is 42.5 Å². The zero-order chi connectivity index (χ0) is 29.5. The van der Waals surface area contributed by atoms with Crippen molar-refractivity contribution in [2.24, 2.45) is 0 Å². The number of alkyl halides is 2. The van der Waals surface area contributed by atoms with E-state index < -0.39 is 47.6 Å². The molecular weight excluding hydrogens is 534 g/mol. The van der Waals surface area contributed by atoms with E-state index >= 15 is 0 Å². The van der Waals surface area contributed by atoms with E-state index in [1.807, 2.05) is 11.4 Å². The van der Waals surface area contributed by atoms with Crippen LogP contribution in [-0.2, 0) is 27.5 Å². The third-order valence-corrected chi connectivity index (χ3v) is 5.63. The largest absolute Gasteiger partial charge is 0.445 e. The van der Waals surface area contributed by atoms with Gasteiger partial charge in [0.15, 0.2) is 0 Å². The van der Waals surface area contributed by atoms with E-state index in [0.717, 1.165) is 12.5 Å². The van der Waals surface area contributed by atoms with Crippen LogP contribution in [-0.4, -0.2) is 59.3 Å². The van der Waals surface area contributed by atoms with Crippen molar-refractivity contribution >= 4 is 23.8 Å². The number of carbonyl (C=O) groups excluding carboxylic acids is 3. The van der Waals surface area contributed by atoms with Gasteiger partial charge in [0, 0.05) is 25.6 Å². The fourth-order valence-electron chi connectivity index (χ4n) is 3.46. The number of alkyl carbamates (subject to hydrolysis) is 2. The summed E-state index contributed by atoms with van der Waals surface area (Å²) in [6.07, 6.45) is -3.69. The summed E-state index contributed by atoms with van der Waals surface area (Å²) in [7, 11) is 0. The van der Waals surface area contributed by atoms with Crippen LogP contribution in [0.2, 0.25) is 0 Å². The summed E-state index contributed by atoms with van der Waals surface area (Å²) < 4.78 is 39.2. The predicted octanol–water partition coefficient (Wildman–Crippen LogP) is 3.42. The molecule has 0 bridgehead atoms. The summed E-state index contributed by atoms with van der Waals surface area (Å²) >= 11 is 0. The van der Waals surface area contributed by atoms with Crippen LogP contribution in [0.3, 0.4) is 0 Å². The molecule has 40 heavy (non-hydrogen) atoms. The van der Waals surface area contributed by atoms with Gasteiger partial charge in [-0.15, -0.1) is 0 Å². The number of benzene rings is 2. The smallest absolute Gasteiger partial charge is 0.407 e. The third kappa shape index (κ3) is 11.6. The lowest BCUT2D eigenvalue weighted by molar-refractivity contribution is -0.384. The fraction of sp³-hybridized carbons (Fsp3) is 0.423. The molecule has 0 aliphatic rings. The van der Waals surface area contributed by atoms with Gasteiger partial charge < -0.3 is 30.5 Å². The van der Waals surface area contributed by atoms with Gasteiger partial charge in [0.2, 0.25) is 5.91 Å². The Kier molecular flexibility index (Phi) is 12.7. The van der Waals surface area contributed by atoms with Gasteiger partial charge in [-0.1, -0.05) is 30.3 Å². The lowest BCUT2D eigenvalue weighted by atomic mass is 9.98. The second kappa shape index (κ2) is 15.9.